The van der Waals surface area contributed by atoms with Crippen LogP contribution in [-0.4, -0.2) is 34.5 Å². The Morgan fingerprint density at radius 2 is 1.34 bits per heavy atom. The summed E-state index contributed by atoms with van der Waals surface area (Å²) in [7, 11) is -0.944. The third kappa shape index (κ3) is 5.90. The van der Waals surface area contributed by atoms with E-state index in [0.29, 0.717) is 11.7 Å². The van der Waals surface area contributed by atoms with Crippen LogP contribution in [0.1, 0.15) is 36.3 Å². The Balaban J connectivity index is 1.35. The van der Waals surface area contributed by atoms with E-state index in [-0.39, 0.29) is 17.6 Å². The molecule has 1 unspecified atom stereocenters. The van der Waals surface area contributed by atoms with Crippen molar-refractivity contribution in [1.82, 2.24) is 4.90 Å². The summed E-state index contributed by atoms with van der Waals surface area (Å²) in [4.78, 5) is 3.35. The van der Waals surface area contributed by atoms with Crippen LogP contribution in [0.3, 0.4) is 0 Å². The molecular weight excluding hydrogens is 424 g/mol. The van der Waals surface area contributed by atoms with Gasteiger partial charge >= 0.3 is 0 Å². The first kappa shape index (κ1) is 22.8. The summed E-state index contributed by atoms with van der Waals surface area (Å²) in [6.45, 7) is 2.92. The fourth-order valence-electron chi connectivity index (χ4n) is 4.70. The predicted octanol–water partition coefficient (Wildman–Crippen LogP) is 6.01. The van der Waals surface area contributed by atoms with Gasteiger partial charge < -0.3 is 4.90 Å². The first-order valence-corrected chi connectivity index (χ1v) is 12.6. The number of likely N-dealkylation sites (tertiary alicyclic amines) is 1. The Hall–Kier alpha value is -2.37. The molecule has 3 aromatic rings. The molecule has 5 heteroatoms. The molecule has 1 fully saturated rings. The minimum atomic E-state index is -0.944. The van der Waals surface area contributed by atoms with Crippen LogP contribution in [0.15, 0.2) is 83.8 Å². The quantitative estimate of drug-likeness (QED) is 0.417. The largest absolute Gasteiger partial charge is 0.303 e. The summed E-state index contributed by atoms with van der Waals surface area (Å²) in [5, 5.41) is 0. The van der Waals surface area contributed by atoms with Crippen molar-refractivity contribution < 1.29 is 13.0 Å². The lowest BCUT2D eigenvalue weighted by Gasteiger charge is -2.36. The topological polar surface area (TPSA) is 20.3 Å². The molecule has 0 aromatic heterocycles. The SMILES string of the molecule is O=S(CCCN1CCC(C(c2ccc(F)cc2)c2ccc(F)cc2)CC1)c1ccccc1. The van der Waals surface area contributed by atoms with Gasteiger partial charge in [0.1, 0.15) is 11.6 Å². The van der Waals surface area contributed by atoms with Gasteiger partial charge in [0.2, 0.25) is 0 Å². The molecule has 4 rings (SSSR count). The highest BCUT2D eigenvalue weighted by molar-refractivity contribution is 7.85. The maximum atomic E-state index is 13.5. The fraction of sp³-hybridized carbons (Fsp3) is 0.333. The lowest BCUT2D eigenvalue weighted by atomic mass is 9.76. The molecule has 0 bridgehead atoms. The first-order valence-electron chi connectivity index (χ1n) is 11.3. The van der Waals surface area contributed by atoms with Gasteiger partial charge in [0.25, 0.3) is 0 Å². The fourth-order valence-corrected chi connectivity index (χ4v) is 5.78. The Labute approximate surface area is 191 Å². The number of hydrogen-bond donors (Lipinski definition) is 0. The van der Waals surface area contributed by atoms with Gasteiger partial charge in [-0.1, -0.05) is 42.5 Å². The van der Waals surface area contributed by atoms with E-state index in [9.17, 15) is 13.0 Å². The summed E-state index contributed by atoms with van der Waals surface area (Å²) in [5.41, 5.74) is 2.16. The normalized spacial score (nSPS) is 16.3. The van der Waals surface area contributed by atoms with Crippen LogP contribution in [0.2, 0.25) is 0 Å². The van der Waals surface area contributed by atoms with E-state index in [1.54, 1.807) is 0 Å². The van der Waals surface area contributed by atoms with Gasteiger partial charge in [-0.3, -0.25) is 4.21 Å². The molecule has 0 saturated carbocycles. The predicted molar refractivity (Wildman–Crippen MR) is 126 cm³/mol. The van der Waals surface area contributed by atoms with E-state index in [2.05, 4.69) is 4.90 Å². The van der Waals surface area contributed by atoms with Crippen molar-refractivity contribution in [2.24, 2.45) is 5.92 Å². The van der Waals surface area contributed by atoms with Gasteiger partial charge in [-0.2, -0.15) is 0 Å². The van der Waals surface area contributed by atoms with Crippen molar-refractivity contribution in [3.05, 3.63) is 102 Å². The maximum Gasteiger partial charge on any atom is 0.123 e. The zero-order valence-corrected chi connectivity index (χ0v) is 18.9. The number of benzene rings is 3. The second kappa shape index (κ2) is 11.0. The number of hydrogen-bond acceptors (Lipinski definition) is 2. The molecule has 0 amide bonds. The summed E-state index contributed by atoms with van der Waals surface area (Å²) in [5.74, 6) is 0.741. The maximum absolute atomic E-state index is 13.5. The van der Waals surface area contributed by atoms with E-state index >= 15 is 0 Å². The number of rotatable bonds is 8. The van der Waals surface area contributed by atoms with Gasteiger partial charge in [0.15, 0.2) is 0 Å². The molecule has 0 spiro atoms. The molecule has 0 N–H and O–H groups in total. The van der Waals surface area contributed by atoms with E-state index < -0.39 is 10.8 Å². The Morgan fingerprint density at radius 3 is 1.88 bits per heavy atom. The van der Waals surface area contributed by atoms with Crippen LogP contribution in [-0.2, 0) is 10.8 Å². The molecule has 1 aliphatic rings. The summed E-state index contributed by atoms with van der Waals surface area (Å²) in [6, 6.07) is 23.1. The van der Waals surface area contributed by atoms with Crippen molar-refractivity contribution in [3.8, 4) is 0 Å². The molecule has 32 heavy (non-hydrogen) atoms. The number of nitrogens with zero attached hydrogens (tertiary/aromatic N) is 1. The molecule has 2 nitrogen and oxygen atoms in total. The molecule has 1 atom stereocenters. The average Bonchev–Trinajstić information content (AvgIpc) is 2.83. The van der Waals surface area contributed by atoms with Gasteiger partial charge in [-0.05, 0) is 92.3 Å². The lowest BCUT2D eigenvalue weighted by molar-refractivity contribution is 0.175. The zero-order valence-electron chi connectivity index (χ0n) is 18.1. The Bertz CT molecular complexity index is 955. The van der Waals surface area contributed by atoms with Crippen LogP contribution >= 0.6 is 0 Å². The van der Waals surface area contributed by atoms with Gasteiger partial charge in [0.05, 0.1) is 10.8 Å². The first-order chi connectivity index (χ1) is 15.6. The van der Waals surface area contributed by atoms with Crippen LogP contribution in [0, 0.1) is 17.6 Å². The molecular formula is C27H29F2NOS. The minimum absolute atomic E-state index is 0.129. The lowest BCUT2D eigenvalue weighted by Crippen LogP contribution is -2.36. The number of piperidine rings is 1. The molecule has 1 aliphatic heterocycles. The van der Waals surface area contributed by atoms with E-state index in [0.717, 1.165) is 54.9 Å². The van der Waals surface area contributed by atoms with Crippen molar-refractivity contribution >= 4 is 10.8 Å². The van der Waals surface area contributed by atoms with Crippen molar-refractivity contribution in [2.75, 3.05) is 25.4 Å². The van der Waals surface area contributed by atoms with Crippen molar-refractivity contribution in [3.63, 3.8) is 0 Å². The molecule has 1 saturated heterocycles. The van der Waals surface area contributed by atoms with E-state index in [4.69, 9.17) is 0 Å². The van der Waals surface area contributed by atoms with Crippen molar-refractivity contribution in [1.29, 1.82) is 0 Å². The van der Waals surface area contributed by atoms with E-state index in [1.807, 2.05) is 54.6 Å². The minimum Gasteiger partial charge on any atom is -0.303 e. The van der Waals surface area contributed by atoms with Gasteiger partial charge in [-0.15, -0.1) is 0 Å². The highest BCUT2D eigenvalue weighted by Crippen LogP contribution is 2.38. The third-order valence-electron chi connectivity index (χ3n) is 6.37. The highest BCUT2D eigenvalue weighted by atomic mass is 32.2. The van der Waals surface area contributed by atoms with Crippen molar-refractivity contribution in [2.45, 2.75) is 30.1 Å². The third-order valence-corrected chi connectivity index (χ3v) is 7.83. The summed E-state index contributed by atoms with van der Waals surface area (Å²) in [6.07, 6.45) is 2.97. The zero-order chi connectivity index (χ0) is 22.3. The van der Waals surface area contributed by atoms with Crippen LogP contribution in [0.5, 0.6) is 0 Å². The highest BCUT2D eigenvalue weighted by Gasteiger charge is 2.29. The van der Waals surface area contributed by atoms with Gasteiger partial charge in [-0.25, -0.2) is 8.78 Å². The Morgan fingerprint density at radius 1 is 0.812 bits per heavy atom. The van der Waals surface area contributed by atoms with Crippen LogP contribution in [0.25, 0.3) is 0 Å². The van der Waals surface area contributed by atoms with Crippen LogP contribution < -0.4 is 0 Å². The smallest absolute Gasteiger partial charge is 0.123 e. The second-order valence-corrected chi connectivity index (χ2v) is 10.0. The molecule has 3 aromatic carbocycles. The second-order valence-electron chi connectivity index (χ2n) is 8.48. The monoisotopic (exact) mass is 453 g/mol. The molecule has 168 valence electrons. The standard InChI is InChI=1S/C27H29F2NOS/c28-24-11-7-21(8-12-24)27(22-9-13-25(29)14-10-22)23-15-18-30(19-16-23)17-4-20-32(31)26-5-2-1-3-6-26/h1-3,5-14,23,27H,4,15-20H2. The van der Waals surface area contributed by atoms with Crippen LogP contribution in [0.4, 0.5) is 8.78 Å². The van der Waals surface area contributed by atoms with E-state index in [1.165, 1.54) is 24.3 Å². The Kier molecular flexibility index (Phi) is 7.82. The molecule has 0 radical (unpaired) electrons. The average molecular weight is 454 g/mol. The van der Waals surface area contributed by atoms with Gasteiger partial charge in [0, 0.05) is 16.6 Å². The summed E-state index contributed by atoms with van der Waals surface area (Å²) >= 11 is 0. The molecule has 1 heterocycles. The number of halogens is 2. The summed E-state index contributed by atoms with van der Waals surface area (Å²) < 4.78 is 39.4. The molecule has 0 aliphatic carbocycles.